The van der Waals surface area contributed by atoms with Crippen LogP contribution >= 0.6 is 0 Å². The summed E-state index contributed by atoms with van der Waals surface area (Å²) < 4.78 is 5.19. The molecule has 2 aromatic carbocycles. The molecule has 5 heteroatoms. The fourth-order valence-corrected chi connectivity index (χ4v) is 3.50. The highest BCUT2D eigenvalue weighted by Crippen LogP contribution is 2.24. The number of hydrogen-bond donors (Lipinski definition) is 2. The molecule has 0 aromatic heterocycles. The summed E-state index contributed by atoms with van der Waals surface area (Å²) >= 11 is 0. The zero-order chi connectivity index (χ0) is 24.5. The van der Waals surface area contributed by atoms with Crippen LogP contribution in [0.1, 0.15) is 67.2 Å². The zero-order valence-corrected chi connectivity index (χ0v) is 21.1. The molecule has 0 spiro atoms. The van der Waals surface area contributed by atoms with Crippen LogP contribution in [0.15, 0.2) is 42.5 Å². The first-order valence-corrected chi connectivity index (χ1v) is 11.4. The number of ketones is 1. The van der Waals surface area contributed by atoms with Gasteiger partial charge in [0.25, 0.3) is 0 Å². The van der Waals surface area contributed by atoms with Crippen molar-refractivity contribution in [2.75, 3.05) is 27.7 Å². The quantitative estimate of drug-likeness (QED) is 0.497. The molecule has 2 rings (SSSR count). The van der Waals surface area contributed by atoms with Crippen LogP contribution in [-0.4, -0.2) is 39.8 Å². The van der Waals surface area contributed by atoms with Gasteiger partial charge in [-0.25, -0.2) is 0 Å². The number of carbonyl (C=O) groups is 2. The Morgan fingerprint density at radius 1 is 1.09 bits per heavy atom. The van der Waals surface area contributed by atoms with Crippen molar-refractivity contribution in [2.24, 2.45) is 5.92 Å². The second kappa shape index (κ2) is 17.1. The lowest BCUT2D eigenvalue weighted by atomic mass is 9.90. The van der Waals surface area contributed by atoms with Gasteiger partial charge in [0, 0.05) is 18.0 Å². The summed E-state index contributed by atoms with van der Waals surface area (Å²) in [6.45, 7) is 10.8. The van der Waals surface area contributed by atoms with Crippen molar-refractivity contribution in [1.82, 2.24) is 10.6 Å². The van der Waals surface area contributed by atoms with Crippen molar-refractivity contribution < 1.29 is 14.3 Å². The molecule has 0 aliphatic rings. The molecule has 5 nitrogen and oxygen atoms in total. The molecule has 0 radical (unpaired) electrons. The first-order valence-electron chi connectivity index (χ1n) is 11.4. The maximum atomic E-state index is 11.1. The second-order valence-corrected chi connectivity index (χ2v) is 7.59. The second-order valence-electron chi connectivity index (χ2n) is 7.59. The Labute approximate surface area is 195 Å². The minimum Gasteiger partial charge on any atom is -0.496 e. The third-order valence-corrected chi connectivity index (χ3v) is 5.04. The fourth-order valence-electron chi connectivity index (χ4n) is 3.50. The van der Waals surface area contributed by atoms with E-state index in [9.17, 15) is 9.59 Å². The largest absolute Gasteiger partial charge is 0.496 e. The molecule has 178 valence electrons. The number of nitrogens with one attached hydrogen (secondary N) is 2. The average Bonchev–Trinajstić information content (AvgIpc) is 2.80. The summed E-state index contributed by atoms with van der Waals surface area (Å²) in [5.41, 5.74) is 4.33. The van der Waals surface area contributed by atoms with Gasteiger partial charge in [-0.2, -0.15) is 0 Å². The van der Waals surface area contributed by atoms with Gasteiger partial charge in [0.15, 0.2) is 0 Å². The number of likely N-dealkylation sites (N-methyl/N-ethyl adjacent to an activating group) is 1. The molecule has 32 heavy (non-hydrogen) atoms. The molecule has 0 heterocycles. The number of rotatable bonds is 10. The van der Waals surface area contributed by atoms with E-state index < -0.39 is 0 Å². The van der Waals surface area contributed by atoms with Crippen LogP contribution in [0.25, 0.3) is 0 Å². The van der Waals surface area contributed by atoms with Gasteiger partial charge in [0.1, 0.15) is 17.8 Å². The maximum Gasteiger partial charge on any atom is 0.150 e. The summed E-state index contributed by atoms with van der Waals surface area (Å²) in [6.07, 6.45) is 2.46. The van der Waals surface area contributed by atoms with Crippen molar-refractivity contribution in [3.8, 4) is 5.75 Å². The summed E-state index contributed by atoms with van der Waals surface area (Å²) in [5, 5.41) is 6.35. The minimum atomic E-state index is 0.139. The van der Waals surface area contributed by atoms with Crippen molar-refractivity contribution in [1.29, 1.82) is 0 Å². The number of carbonyl (C=O) groups excluding carboxylic acids is 2. The van der Waals surface area contributed by atoms with Crippen LogP contribution in [-0.2, 0) is 11.2 Å². The van der Waals surface area contributed by atoms with Crippen LogP contribution in [0.3, 0.4) is 0 Å². The summed E-state index contributed by atoms with van der Waals surface area (Å²) in [4.78, 5) is 21.7. The average molecular weight is 443 g/mol. The molecule has 2 unspecified atom stereocenters. The predicted octanol–water partition coefficient (Wildman–Crippen LogP) is 5.17. The van der Waals surface area contributed by atoms with Crippen molar-refractivity contribution in [3.05, 3.63) is 64.7 Å². The highest BCUT2D eigenvalue weighted by molar-refractivity contribution is 5.76. The molecule has 0 amide bonds. The van der Waals surface area contributed by atoms with Gasteiger partial charge < -0.3 is 20.2 Å². The molecule has 0 saturated carbocycles. The van der Waals surface area contributed by atoms with Crippen LogP contribution in [0.2, 0.25) is 0 Å². The normalized spacial score (nSPS) is 11.8. The monoisotopic (exact) mass is 442 g/mol. The zero-order valence-electron chi connectivity index (χ0n) is 21.1. The Morgan fingerprint density at radius 2 is 1.72 bits per heavy atom. The van der Waals surface area contributed by atoms with E-state index in [-0.39, 0.29) is 17.7 Å². The van der Waals surface area contributed by atoms with E-state index in [4.69, 9.17) is 4.74 Å². The van der Waals surface area contributed by atoms with E-state index in [0.29, 0.717) is 12.0 Å². The third kappa shape index (κ3) is 10.7. The van der Waals surface area contributed by atoms with Crippen molar-refractivity contribution in [2.45, 2.75) is 53.5 Å². The van der Waals surface area contributed by atoms with Gasteiger partial charge in [-0.3, -0.25) is 4.79 Å². The first-order chi connectivity index (χ1) is 15.4. The molecule has 0 fully saturated rings. The molecular formula is C27H42N2O3. The summed E-state index contributed by atoms with van der Waals surface area (Å²) in [6, 6.07) is 13.9. The van der Waals surface area contributed by atoms with Gasteiger partial charge >= 0.3 is 0 Å². The lowest BCUT2D eigenvalue weighted by molar-refractivity contribution is -0.118. The number of ether oxygens (including phenoxy) is 1. The van der Waals surface area contributed by atoms with Gasteiger partial charge in [0.2, 0.25) is 0 Å². The molecule has 0 bridgehead atoms. The van der Waals surface area contributed by atoms with Crippen molar-refractivity contribution >= 4 is 12.1 Å². The molecule has 0 saturated heterocycles. The molecule has 0 aliphatic heterocycles. The molecule has 2 aromatic rings. The van der Waals surface area contributed by atoms with Gasteiger partial charge in [-0.05, 0) is 69.6 Å². The van der Waals surface area contributed by atoms with Gasteiger partial charge in [-0.1, -0.05) is 57.2 Å². The Balaban J connectivity index is 0.000000574. The minimum absolute atomic E-state index is 0.139. The standard InChI is InChI=1S/C14H19NO2.C11H17NO.C2H6/c1-10(8-11(2)17)14(15-3)13-6-4-12(9-16)5-7-13;1-9-8-10(6-7-12-2)4-5-11(9)13-3;1-2/h4-7,9-10,14-15H,8H2,1-3H3;4-5,8,12H,6-7H2,1-3H3;1-2H3. The Bertz CT molecular complexity index is 788. The topological polar surface area (TPSA) is 67.4 Å². The Kier molecular flexibility index (Phi) is 15.8. The molecule has 2 atom stereocenters. The number of methoxy groups -OCH3 is 1. The Morgan fingerprint density at radius 3 is 2.16 bits per heavy atom. The highest BCUT2D eigenvalue weighted by atomic mass is 16.5. The maximum absolute atomic E-state index is 11.1. The van der Waals surface area contributed by atoms with E-state index in [1.165, 1.54) is 11.1 Å². The van der Waals surface area contributed by atoms with Crippen LogP contribution in [0, 0.1) is 12.8 Å². The fraction of sp³-hybridized carbons (Fsp3) is 0.481. The number of Topliss-reactive ketones (excluding diaryl/α,β-unsaturated/α-hetero) is 1. The predicted molar refractivity (Wildman–Crippen MR) is 135 cm³/mol. The first kappa shape index (κ1) is 29.5. The summed E-state index contributed by atoms with van der Waals surface area (Å²) in [5.74, 6) is 1.40. The smallest absolute Gasteiger partial charge is 0.150 e. The van der Waals surface area contributed by atoms with Crippen LogP contribution in [0.4, 0.5) is 0 Å². The SMILES string of the molecule is CC.CNC(c1ccc(C=O)cc1)C(C)CC(C)=O.CNCCc1ccc(OC)c(C)c1. The summed E-state index contributed by atoms with van der Waals surface area (Å²) in [7, 11) is 5.56. The van der Waals surface area contributed by atoms with Crippen molar-refractivity contribution in [3.63, 3.8) is 0 Å². The third-order valence-electron chi connectivity index (χ3n) is 5.04. The van der Waals surface area contributed by atoms with Gasteiger partial charge in [0.05, 0.1) is 7.11 Å². The van der Waals surface area contributed by atoms with E-state index in [1.807, 2.05) is 46.1 Å². The van der Waals surface area contributed by atoms with E-state index in [1.54, 1.807) is 26.2 Å². The number of aldehydes is 1. The Hall–Kier alpha value is -2.50. The van der Waals surface area contributed by atoms with Gasteiger partial charge in [-0.15, -0.1) is 0 Å². The lowest BCUT2D eigenvalue weighted by Crippen LogP contribution is -2.24. The lowest BCUT2D eigenvalue weighted by Gasteiger charge is -2.23. The van der Waals surface area contributed by atoms with Crippen LogP contribution < -0.4 is 15.4 Å². The number of hydrogen-bond acceptors (Lipinski definition) is 5. The molecule has 0 aliphatic carbocycles. The molecule has 2 N–H and O–H groups in total. The van der Waals surface area contributed by atoms with Crippen LogP contribution in [0.5, 0.6) is 5.75 Å². The number of benzene rings is 2. The molecular weight excluding hydrogens is 400 g/mol. The van der Waals surface area contributed by atoms with E-state index in [2.05, 4.69) is 36.6 Å². The number of aryl methyl sites for hydroxylation is 1. The highest BCUT2D eigenvalue weighted by Gasteiger charge is 2.18. The van der Waals surface area contributed by atoms with E-state index >= 15 is 0 Å². The van der Waals surface area contributed by atoms with E-state index in [0.717, 1.165) is 30.6 Å².